The van der Waals surface area contributed by atoms with E-state index >= 15 is 0 Å². The molecule has 6 heteroatoms. The van der Waals surface area contributed by atoms with Gasteiger partial charge in [-0.3, -0.25) is 4.79 Å². The van der Waals surface area contributed by atoms with Crippen molar-refractivity contribution in [1.29, 1.82) is 0 Å². The topological polar surface area (TPSA) is 110 Å². The van der Waals surface area contributed by atoms with Gasteiger partial charge >= 0.3 is 12.1 Å². The summed E-state index contributed by atoms with van der Waals surface area (Å²) in [6.45, 7) is 8.80. The van der Waals surface area contributed by atoms with E-state index in [2.05, 4.69) is 4.74 Å². The molecule has 0 amide bonds. The molecule has 0 saturated heterocycles. The summed E-state index contributed by atoms with van der Waals surface area (Å²) in [5.74, 6) is -0.841. The van der Waals surface area contributed by atoms with Crippen LogP contribution in [0.25, 0.3) is 0 Å². The van der Waals surface area contributed by atoms with Gasteiger partial charge in [0, 0.05) is 0 Å². The third kappa shape index (κ3) is 12.6. The van der Waals surface area contributed by atoms with E-state index in [-0.39, 0.29) is 5.92 Å². The van der Waals surface area contributed by atoms with Gasteiger partial charge in [0.15, 0.2) is 0 Å². The van der Waals surface area contributed by atoms with Gasteiger partial charge in [0.25, 0.3) is 0 Å². The van der Waals surface area contributed by atoms with Gasteiger partial charge < -0.3 is 20.7 Å². The largest absolute Gasteiger partial charge is 0.506 e. The van der Waals surface area contributed by atoms with E-state index in [0.29, 0.717) is 0 Å². The molecule has 0 saturated carbocycles. The van der Waals surface area contributed by atoms with Crippen LogP contribution in [0.5, 0.6) is 0 Å². The van der Waals surface area contributed by atoms with Crippen molar-refractivity contribution in [2.45, 2.75) is 52.7 Å². The number of carboxylic acids is 1. The number of rotatable bonds is 3. The summed E-state index contributed by atoms with van der Waals surface area (Å²) in [4.78, 5) is 20.0. The number of ether oxygens (including phenoxy) is 1. The van der Waals surface area contributed by atoms with Gasteiger partial charge in [-0.25, -0.2) is 4.79 Å². The number of hydrogen-bond acceptors (Lipinski definition) is 4. The molecule has 0 heterocycles. The molecule has 0 aromatic rings. The number of carbonyl (C=O) groups is 2. The minimum atomic E-state index is -1.22. The van der Waals surface area contributed by atoms with Crippen LogP contribution in [0, 0.1) is 5.92 Å². The first-order valence-electron chi connectivity index (χ1n) is 5.41. The molecular weight excluding hydrogens is 226 g/mol. The van der Waals surface area contributed by atoms with E-state index in [0.717, 1.165) is 6.42 Å². The van der Waals surface area contributed by atoms with E-state index < -0.39 is 23.8 Å². The van der Waals surface area contributed by atoms with Crippen LogP contribution in [-0.2, 0) is 9.53 Å². The van der Waals surface area contributed by atoms with Crippen LogP contribution < -0.4 is 5.73 Å². The maximum absolute atomic E-state index is 10.2. The molecule has 0 rings (SSSR count). The van der Waals surface area contributed by atoms with Crippen LogP contribution >= 0.6 is 0 Å². The monoisotopic (exact) mass is 249 g/mol. The Kier molecular flexibility index (Phi) is 8.39. The van der Waals surface area contributed by atoms with Crippen molar-refractivity contribution in [3.05, 3.63) is 0 Å². The van der Waals surface area contributed by atoms with Crippen LogP contribution in [0.1, 0.15) is 41.0 Å². The zero-order chi connectivity index (χ0) is 14.2. The number of hydrogen-bond donors (Lipinski definition) is 3. The first kappa shape index (κ1) is 18.1. The summed E-state index contributed by atoms with van der Waals surface area (Å²) in [7, 11) is 0. The molecule has 0 spiro atoms. The molecule has 0 radical (unpaired) electrons. The molecule has 0 unspecified atom stereocenters. The molecule has 0 bridgehead atoms. The lowest BCUT2D eigenvalue weighted by Crippen LogP contribution is -2.36. The molecule has 0 aliphatic carbocycles. The molecule has 0 aliphatic rings. The Bertz CT molecular complexity index is 247. The van der Waals surface area contributed by atoms with E-state index in [1.807, 2.05) is 13.8 Å². The molecule has 4 N–H and O–H groups in total. The molecule has 102 valence electrons. The molecule has 17 heavy (non-hydrogen) atoms. The third-order valence-electron chi connectivity index (χ3n) is 1.94. The van der Waals surface area contributed by atoms with Gasteiger partial charge in [-0.1, -0.05) is 20.3 Å². The van der Waals surface area contributed by atoms with Crippen molar-refractivity contribution in [2.75, 3.05) is 0 Å². The fourth-order valence-electron chi connectivity index (χ4n) is 0.759. The summed E-state index contributed by atoms with van der Waals surface area (Å²) < 4.78 is 4.35. The number of aliphatic carboxylic acids is 1. The first-order valence-corrected chi connectivity index (χ1v) is 5.41. The Balaban J connectivity index is 0. The zero-order valence-corrected chi connectivity index (χ0v) is 11.1. The SMILES string of the molecule is CC(C)(C)OC(=O)O.CC[C@H](C)[C@H](N)C(=O)O. The van der Waals surface area contributed by atoms with Crippen molar-refractivity contribution in [3.63, 3.8) is 0 Å². The number of carboxylic acid groups (broad SMARTS) is 2. The zero-order valence-electron chi connectivity index (χ0n) is 11.1. The maximum Gasteiger partial charge on any atom is 0.506 e. The minimum Gasteiger partial charge on any atom is -0.480 e. The Morgan fingerprint density at radius 2 is 1.71 bits per heavy atom. The average molecular weight is 249 g/mol. The lowest BCUT2D eigenvalue weighted by atomic mass is 10.0. The second-order valence-corrected chi connectivity index (χ2v) is 4.73. The minimum absolute atomic E-state index is 0.0718. The molecule has 2 atom stereocenters. The second-order valence-electron chi connectivity index (χ2n) is 4.73. The molecule has 0 aromatic carbocycles. The van der Waals surface area contributed by atoms with E-state index in [1.165, 1.54) is 0 Å². The van der Waals surface area contributed by atoms with Crippen LogP contribution in [0.15, 0.2) is 0 Å². The van der Waals surface area contributed by atoms with Gasteiger partial charge in [-0.05, 0) is 26.7 Å². The van der Waals surface area contributed by atoms with E-state index in [4.69, 9.17) is 15.9 Å². The van der Waals surface area contributed by atoms with Crippen LogP contribution in [0.3, 0.4) is 0 Å². The highest BCUT2D eigenvalue weighted by Gasteiger charge is 2.17. The van der Waals surface area contributed by atoms with Crippen molar-refractivity contribution >= 4 is 12.1 Å². The molecule has 0 fully saturated rings. The normalized spacial score (nSPS) is 14.0. The van der Waals surface area contributed by atoms with Crippen LogP contribution in [0.2, 0.25) is 0 Å². The predicted octanol–water partition coefficient (Wildman–Crippen LogP) is 1.92. The highest BCUT2D eigenvalue weighted by molar-refractivity contribution is 5.73. The standard InChI is InChI=1S/C6H13NO2.C5H10O3/c1-3-4(2)5(7)6(8)9;1-5(2,3)8-4(6)7/h4-5H,3,7H2,1-2H3,(H,8,9);1-3H3,(H,6,7)/t4-,5-;/m0./s1. The predicted molar refractivity (Wildman–Crippen MR) is 63.9 cm³/mol. The van der Waals surface area contributed by atoms with Gasteiger partial charge in [0.05, 0.1) is 0 Å². The van der Waals surface area contributed by atoms with Crippen molar-refractivity contribution in [1.82, 2.24) is 0 Å². The average Bonchev–Trinajstić information content (AvgIpc) is 2.12. The van der Waals surface area contributed by atoms with Gasteiger partial charge in [0.1, 0.15) is 11.6 Å². The maximum atomic E-state index is 10.2. The summed E-state index contributed by atoms with van der Waals surface area (Å²) in [5.41, 5.74) is 4.69. The Labute approximate surface area is 102 Å². The number of nitrogens with two attached hydrogens (primary N) is 1. The molecule has 6 nitrogen and oxygen atoms in total. The fourth-order valence-corrected chi connectivity index (χ4v) is 0.759. The van der Waals surface area contributed by atoms with Gasteiger partial charge in [-0.2, -0.15) is 0 Å². The highest BCUT2D eigenvalue weighted by Crippen LogP contribution is 2.05. The summed E-state index contributed by atoms with van der Waals surface area (Å²) in [6, 6.07) is -0.699. The second kappa shape index (κ2) is 7.89. The Morgan fingerprint density at radius 1 is 1.29 bits per heavy atom. The lowest BCUT2D eigenvalue weighted by Gasteiger charge is -2.15. The molecule has 0 aliphatic heterocycles. The van der Waals surface area contributed by atoms with Gasteiger partial charge in [-0.15, -0.1) is 0 Å². The quantitative estimate of drug-likeness (QED) is 0.659. The van der Waals surface area contributed by atoms with Crippen molar-refractivity contribution in [2.24, 2.45) is 11.7 Å². The Morgan fingerprint density at radius 3 is 1.76 bits per heavy atom. The van der Waals surface area contributed by atoms with Crippen LogP contribution in [0.4, 0.5) is 4.79 Å². The molecular formula is C11H23NO5. The van der Waals surface area contributed by atoms with Crippen molar-refractivity contribution in [3.8, 4) is 0 Å². The lowest BCUT2D eigenvalue weighted by molar-refractivity contribution is -0.139. The van der Waals surface area contributed by atoms with Gasteiger partial charge in [0.2, 0.25) is 0 Å². The fraction of sp³-hybridized carbons (Fsp3) is 0.818. The third-order valence-corrected chi connectivity index (χ3v) is 1.94. The van der Waals surface area contributed by atoms with E-state index in [1.54, 1.807) is 20.8 Å². The Hall–Kier alpha value is -1.30. The van der Waals surface area contributed by atoms with Crippen molar-refractivity contribution < 1.29 is 24.5 Å². The smallest absolute Gasteiger partial charge is 0.480 e. The first-order chi connectivity index (χ1) is 7.51. The van der Waals surface area contributed by atoms with E-state index in [9.17, 15) is 9.59 Å². The highest BCUT2D eigenvalue weighted by atomic mass is 16.7. The van der Waals surface area contributed by atoms with Crippen LogP contribution in [-0.4, -0.2) is 34.0 Å². The summed E-state index contributed by atoms with van der Waals surface area (Å²) in [6.07, 6.45) is -0.412. The summed E-state index contributed by atoms with van der Waals surface area (Å²) >= 11 is 0. The summed E-state index contributed by atoms with van der Waals surface area (Å²) in [5, 5.41) is 16.4. The molecule has 0 aromatic heterocycles.